The fourth-order valence-corrected chi connectivity index (χ4v) is 3.61. The van der Waals surface area contributed by atoms with Gasteiger partial charge in [0, 0.05) is 20.8 Å². The minimum absolute atomic E-state index is 0.296. The van der Waals surface area contributed by atoms with Crippen LogP contribution in [-0.4, -0.2) is 4.98 Å². The highest BCUT2D eigenvalue weighted by atomic mass is 79.9. The van der Waals surface area contributed by atoms with Gasteiger partial charge in [0.1, 0.15) is 16.4 Å². The van der Waals surface area contributed by atoms with Crippen LogP contribution in [0.2, 0.25) is 0 Å². The highest BCUT2D eigenvalue weighted by Gasteiger charge is 2.13. The van der Waals surface area contributed by atoms with Crippen LogP contribution in [0.5, 0.6) is 0 Å². The summed E-state index contributed by atoms with van der Waals surface area (Å²) in [4.78, 5) is 16.7. The van der Waals surface area contributed by atoms with Gasteiger partial charge in [0.2, 0.25) is 0 Å². The summed E-state index contributed by atoms with van der Waals surface area (Å²) in [6.45, 7) is 0. The number of rotatable bonds is 2. The van der Waals surface area contributed by atoms with E-state index in [1.807, 2.05) is 17.5 Å². The minimum Gasteiger partial charge on any atom is -0.422 e. The highest BCUT2D eigenvalue weighted by Crippen LogP contribution is 2.29. The quantitative estimate of drug-likeness (QED) is 0.417. The molecule has 118 valence electrons. The fourth-order valence-electron chi connectivity index (χ4n) is 2.39. The average molecular weight is 402 g/mol. The number of hydrogen-bond donors (Lipinski definition) is 0. The van der Waals surface area contributed by atoms with Gasteiger partial charge in [-0.05, 0) is 48.5 Å². The Labute approximate surface area is 148 Å². The number of halogens is 2. The Morgan fingerprint density at radius 1 is 1.08 bits per heavy atom. The molecule has 4 rings (SSSR count). The van der Waals surface area contributed by atoms with Crippen molar-refractivity contribution < 1.29 is 8.81 Å². The van der Waals surface area contributed by atoms with E-state index in [1.54, 1.807) is 24.3 Å². The molecule has 0 saturated heterocycles. The van der Waals surface area contributed by atoms with Gasteiger partial charge in [-0.2, -0.15) is 0 Å². The predicted molar refractivity (Wildman–Crippen MR) is 96.7 cm³/mol. The third kappa shape index (κ3) is 2.79. The average Bonchev–Trinajstić information content (AvgIpc) is 3.05. The van der Waals surface area contributed by atoms with Crippen molar-refractivity contribution in [3.05, 3.63) is 74.6 Å². The fraction of sp³-hybridized carbons (Fsp3) is 0. The van der Waals surface area contributed by atoms with E-state index in [-0.39, 0.29) is 5.82 Å². The van der Waals surface area contributed by atoms with E-state index in [1.165, 1.54) is 23.5 Å². The van der Waals surface area contributed by atoms with Gasteiger partial charge in [0.15, 0.2) is 0 Å². The Balaban J connectivity index is 1.81. The molecule has 2 aromatic heterocycles. The molecule has 2 aromatic carbocycles. The topological polar surface area (TPSA) is 43.1 Å². The summed E-state index contributed by atoms with van der Waals surface area (Å²) < 4.78 is 19.3. The van der Waals surface area contributed by atoms with Gasteiger partial charge >= 0.3 is 5.63 Å². The maximum Gasteiger partial charge on any atom is 0.346 e. The van der Waals surface area contributed by atoms with Crippen LogP contribution >= 0.6 is 27.3 Å². The third-order valence-electron chi connectivity index (χ3n) is 3.57. The molecule has 0 spiro atoms. The van der Waals surface area contributed by atoms with Crippen molar-refractivity contribution in [3.63, 3.8) is 0 Å². The summed E-state index contributed by atoms with van der Waals surface area (Å²) in [5.41, 5.74) is 2.02. The van der Waals surface area contributed by atoms with E-state index in [2.05, 4.69) is 20.9 Å². The van der Waals surface area contributed by atoms with E-state index >= 15 is 0 Å². The SMILES string of the molecule is O=c1oc2ccc(Br)cc2cc1-c1nc(-c2ccc(F)cc2)cs1. The van der Waals surface area contributed by atoms with Crippen molar-refractivity contribution in [1.29, 1.82) is 0 Å². The summed E-state index contributed by atoms with van der Waals surface area (Å²) in [5.74, 6) is -0.296. The number of hydrogen-bond acceptors (Lipinski definition) is 4. The normalized spacial score (nSPS) is 11.1. The third-order valence-corrected chi connectivity index (χ3v) is 4.94. The van der Waals surface area contributed by atoms with Gasteiger partial charge in [-0.1, -0.05) is 15.9 Å². The molecule has 0 bridgehead atoms. The lowest BCUT2D eigenvalue weighted by atomic mass is 10.1. The van der Waals surface area contributed by atoms with E-state index in [0.29, 0.717) is 21.8 Å². The second-order valence-corrected chi connectivity index (χ2v) is 6.95. The first-order chi connectivity index (χ1) is 11.6. The van der Waals surface area contributed by atoms with E-state index in [9.17, 15) is 9.18 Å². The van der Waals surface area contributed by atoms with Crippen molar-refractivity contribution in [2.24, 2.45) is 0 Å². The molecule has 0 radical (unpaired) electrons. The smallest absolute Gasteiger partial charge is 0.346 e. The van der Waals surface area contributed by atoms with Crippen molar-refractivity contribution in [3.8, 4) is 21.8 Å². The van der Waals surface area contributed by atoms with Crippen LogP contribution < -0.4 is 5.63 Å². The molecule has 0 aliphatic heterocycles. The van der Waals surface area contributed by atoms with Crippen LogP contribution in [0.25, 0.3) is 32.8 Å². The molecular formula is C18H9BrFNO2S. The lowest BCUT2D eigenvalue weighted by Crippen LogP contribution is -2.02. The van der Waals surface area contributed by atoms with E-state index in [4.69, 9.17) is 4.42 Å². The molecule has 0 atom stereocenters. The molecule has 4 aromatic rings. The molecule has 0 aliphatic carbocycles. The predicted octanol–water partition coefficient (Wildman–Crippen LogP) is 5.49. The van der Waals surface area contributed by atoms with Crippen LogP contribution in [-0.2, 0) is 0 Å². The molecule has 2 heterocycles. The highest BCUT2D eigenvalue weighted by molar-refractivity contribution is 9.10. The monoisotopic (exact) mass is 401 g/mol. The lowest BCUT2D eigenvalue weighted by Gasteiger charge is -2.00. The van der Waals surface area contributed by atoms with Gasteiger partial charge in [0.25, 0.3) is 0 Å². The zero-order valence-electron chi connectivity index (χ0n) is 12.1. The maximum absolute atomic E-state index is 13.0. The van der Waals surface area contributed by atoms with Crippen LogP contribution in [0.15, 0.2) is 67.6 Å². The van der Waals surface area contributed by atoms with Gasteiger partial charge in [0.05, 0.1) is 11.3 Å². The Morgan fingerprint density at radius 2 is 1.88 bits per heavy atom. The zero-order chi connectivity index (χ0) is 16.7. The van der Waals surface area contributed by atoms with Crippen molar-refractivity contribution >= 4 is 38.2 Å². The first kappa shape index (κ1) is 15.2. The Kier molecular flexibility index (Phi) is 3.78. The first-order valence-electron chi connectivity index (χ1n) is 7.05. The number of benzene rings is 2. The van der Waals surface area contributed by atoms with Gasteiger partial charge in [-0.25, -0.2) is 14.2 Å². The molecular weight excluding hydrogens is 393 g/mol. The van der Waals surface area contributed by atoms with Gasteiger partial charge in [-0.15, -0.1) is 11.3 Å². The molecule has 0 N–H and O–H groups in total. The van der Waals surface area contributed by atoms with Crippen molar-refractivity contribution in [1.82, 2.24) is 4.98 Å². The minimum atomic E-state index is -0.426. The molecule has 0 aliphatic rings. The van der Waals surface area contributed by atoms with Crippen LogP contribution in [0.1, 0.15) is 0 Å². The number of aromatic nitrogens is 1. The second-order valence-electron chi connectivity index (χ2n) is 5.17. The van der Waals surface area contributed by atoms with Crippen LogP contribution in [0, 0.1) is 5.82 Å². The Hall–Kier alpha value is -2.31. The number of nitrogens with zero attached hydrogens (tertiary/aromatic N) is 1. The molecule has 3 nitrogen and oxygen atoms in total. The van der Waals surface area contributed by atoms with Crippen molar-refractivity contribution in [2.75, 3.05) is 0 Å². The van der Waals surface area contributed by atoms with Crippen LogP contribution in [0.4, 0.5) is 4.39 Å². The van der Waals surface area contributed by atoms with E-state index < -0.39 is 5.63 Å². The Morgan fingerprint density at radius 3 is 2.67 bits per heavy atom. The molecule has 6 heteroatoms. The van der Waals surface area contributed by atoms with Gasteiger partial charge in [-0.3, -0.25) is 0 Å². The lowest BCUT2D eigenvalue weighted by molar-refractivity contribution is 0.563. The number of fused-ring (bicyclic) bond motifs is 1. The largest absolute Gasteiger partial charge is 0.422 e. The van der Waals surface area contributed by atoms with E-state index in [0.717, 1.165) is 15.4 Å². The molecule has 0 amide bonds. The molecule has 0 saturated carbocycles. The molecule has 0 unspecified atom stereocenters. The van der Waals surface area contributed by atoms with Crippen LogP contribution in [0.3, 0.4) is 0 Å². The molecule has 0 fully saturated rings. The summed E-state index contributed by atoms with van der Waals surface area (Å²) in [6, 6.07) is 13.3. The first-order valence-corrected chi connectivity index (χ1v) is 8.73. The summed E-state index contributed by atoms with van der Waals surface area (Å²) in [7, 11) is 0. The zero-order valence-corrected chi connectivity index (χ0v) is 14.5. The Bertz CT molecular complexity index is 1100. The summed E-state index contributed by atoms with van der Waals surface area (Å²) in [5, 5.41) is 3.23. The second kappa shape index (κ2) is 5.96. The maximum atomic E-state index is 13.0. The summed E-state index contributed by atoms with van der Waals surface area (Å²) in [6.07, 6.45) is 0. The standard InChI is InChI=1S/C18H9BrFNO2S/c19-12-3-6-16-11(7-12)8-14(18(22)23-16)17-21-15(9-24-17)10-1-4-13(20)5-2-10/h1-9H. The number of thiazole rings is 1. The van der Waals surface area contributed by atoms with Gasteiger partial charge < -0.3 is 4.42 Å². The summed E-state index contributed by atoms with van der Waals surface area (Å²) >= 11 is 4.76. The molecule has 24 heavy (non-hydrogen) atoms. The van der Waals surface area contributed by atoms with Crippen molar-refractivity contribution in [2.45, 2.75) is 0 Å².